The van der Waals surface area contributed by atoms with Gasteiger partial charge in [-0.05, 0) is 25.5 Å². The predicted octanol–water partition coefficient (Wildman–Crippen LogP) is 3.19. The van der Waals surface area contributed by atoms with Crippen LogP contribution in [0.25, 0.3) is 0 Å². The van der Waals surface area contributed by atoms with E-state index in [0.717, 1.165) is 5.56 Å². The first-order valence-electron chi connectivity index (χ1n) is 9.18. The van der Waals surface area contributed by atoms with Crippen molar-refractivity contribution in [2.24, 2.45) is 0 Å². The molecule has 0 unspecified atom stereocenters. The van der Waals surface area contributed by atoms with Crippen LogP contribution in [0.2, 0.25) is 0 Å². The number of Topliss-reactive ketones (excluding diaryl/α,β-unsaturated/α-hetero) is 1. The number of ether oxygens (including phenoxy) is 1. The first-order valence-corrected chi connectivity index (χ1v) is 9.18. The van der Waals surface area contributed by atoms with E-state index in [1.54, 1.807) is 36.4 Å². The SMILES string of the molecule is Cc1ccc(C(=O)CCC(=O)OCCCN2C(=O)c3ccccc3C2=O)cc1. The van der Waals surface area contributed by atoms with Gasteiger partial charge in [-0.2, -0.15) is 0 Å². The maximum Gasteiger partial charge on any atom is 0.306 e. The smallest absolute Gasteiger partial charge is 0.306 e. The Morgan fingerprint density at radius 3 is 2.11 bits per heavy atom. The molecular formula is C22H21NO5. The summed E-state index contributed by atoms with van der Waals surface area (Å²) in [6, 6.07) is 13.9. The van der Waals surface area contributed by atoms with Gasteiger partial charge in [0.05, 0.1) is 24.2 Å². The number of nitrogens with zero attached hydrogens (tertiary/aromatic N) is 1. The van der Waals surface area contributed by atoms with Crippen LogP contribution in [0.4, 0.5) is 0 Å². The summed E-state index contributed by atoms with van der Waals surface area (Å²) < 4.78 is 5.11. The van der Waals surface area contributed by atoms with Crippen LogP contribution in [0.3, 0.4) is 0 Å². The van der Waals surface area contributed by atoms with Gasteiger partial charge in [-0.3, -0.25) is 24.1 Å². The number of esters is 1. The number of rotatable bonds is 8. The van der Waals surface area contributed by atoms with Gasteiger partial charge in [0, 0.05) is 18.5 Å². The molecule has 2 aromatic rings. The molecule has 0 bridgehead atoms. The van der Waals surface area contributed by atoms with E-state index in [-0.39, 0.29) is 43.6 Å². The van der Waals surface area contributed by atoms with Crippen LogP contribution in [0.1, 0.15) is 55.9 Å². The lowest BCUT2D eigenvalue weighted by molar-refractivity contribution is -0.143. The highest BCUT2D eigenvalue weighted by atomic mass is 16.5. The summed E-state index contributed by atoms with van der Waals surface area (Å²) in [6.07, 6.45) is 0.434. The zero-order valence-electron chi connectivity index (χ0n) is 15.6. The molecule has 0 saturated heterocycles. The number of carbonyl (C=O) groups excluding carboxylic acids is 4. The molecule has 1 aliphatic heterocycles. The summed E-state index contributed by atoms with van der Waals surface area (Å²) >= 11 is 0. The Labute approximate surface area is 163 Å². The molecule has 3 rings (SSSR count). The van der Waals surface area contributed by atoms with Gasteiger partial charge >= 0.3 is 5.97 Å². The molecule has 0 saturated carbocycles. The average molecular weight is 379 g/mol. The molecule has 6 heteroatoms. The second-order valence-electron chi connectivity index (χ2n) is 6.67. The lowest BCUT2D eigenvalue weighted by Crippen LogP contribution is -2.31. The second-order valence-corrected chi connectivity index (χ2v) is 6.67. The van der Waals surface area contributed by atoms with Crippen molar-refractivity contribution in [2.75, 3.05) is 13.2 Å². The fourth-order valence-electron chi connectivity index (χ4n) is 3.02. The van der Waals surface area contributed by atoms with Crippen LogP contribution in [0, 0.1) is 6.92 Å². The zero-order chi connectivity index (χ0) is 20.1. The Kier molecular flexibility index (Phi) is 5.99. The molecule has 28 heavy (non-hydrogen) atoms. The Bertz CT molecular complexity index is 882. The number of amides is 2. The predicted molar refractivity (Wildman–Crippen MR) is 102 cm³/mol. The Morgan fingerprint density at radius 2 is 1.50 bits per heavy atom. The maximum absolute atomic E-state index is 12.2. The molecule has 0 aromatic heterocycles. The largest absolute Gasteiger partial charge is 0.466 e. The van der Waals surface area contributed by atoms with E-state index in [1.807, 2.05) is 19.1 Å². The highest BCUT2D eigenvalue weighted by Gasteiger charge is 2.34. The van der Waals surface area contributed by atoms with Crippen LogP contribution < -0.4 is 0 Å². The standard InChI is InChI=1S/C22H21NO5/c1-15-7-9-16(10-8-15)19(24)11-12-20(25)28-14-4-13-23-21(26)17-5-2-3-6-18(17)22(23)27/h2-3,5-10H,4,11-14H2,1H3. The number of benzene rings is 2. The summed E-state index contributed by atoms with van der Waals surface area (Å²) in [5.74, 6) is -1.22. The van der Waals surface area contributed by atoms with Crippen LogP contribution in [-0.2, 0) is 9.53 Å². The third kappa shape index (κ3) is 4.34. The second kappa shape index (κ2) is 8.61. The molecule has 0 radical (unpaired) electrons. The van der Waals surface area contributed by atoms with Crippen LogP contribution in [0.15, 0.2) is 48.5 Å². The van der Waals surface area contributed by atoms with E-state index >= 15 is 0 Å². The molecule has 2 aromatic carbocycles. The molecule has 1 heterocycles. The van der Waals surface area contributed by atoms with Crippen molar-refractivity contribution in [3.8, 4) is 0 Å². The van der Waals surface area contributed by atoms with Gasteiger partial charge in [-0.25, -0.2) is 0 Å². The van der Waals surface area contributed by atoms with Gasteiger partial charge in [0.15, 0.2) is 5.78 Å². The molecule has 0 aliphatic carbocycles. The molecule has 0 atom stereocenters. The summed E-state index contributed by atoms with van der Waals surface area (Å²) in [5.41, 5.74) is 2.44. The molecule has 144 valence electrons. The quantitative estimate of drug-likeness (QED) is 0.305. The molecule has 0 spiro atoms. The fraction of sp³-hybridized carbons (Fsp3) is 0.273. The highest BCUT2D eigenvalue weighted by Crippen LogP contribution is 2.22. The highest BCUT2D eigenvalue weighted by molar-refractivity contribution is 6.21. The first-order chi connectivity index (χ1) is 13.5. The summed E-state index contributed by atoms with van der Waals surface area (Å²) in [4.78, 5) is 49.5. The van der Waals surface area contributed by atoms with Crippen molar-refractivity contribution in [3.63, 3.8) is 0 Å². The van der Waals surface area contributed by atoms with Gasteiger partial charge in [0.25, 0.3) is 11.8 Å². The third-order valence-corrected chi connectivity index (χ3v) is 4.60. The zero-order valence-corrected chi connectivity index (χ0v) is 15.6. The average Bonchev–Trinajstić information content (AvgIpc) is 2.95. The molecule has 6 nitrogen and oxygen atoms in total. The van der Waals surface area contributed by atoms with Crippen molar-refractivity contribution >= 4 is 23.6 Å². The van der Waals surface area contributed by atoms with E-state index in [4.69, 9.17) is 4.74 Å². The van der Waals surface area contributed by atoms with E-state index in [9.17, 15) is 19.2 Å². The number of imide groups is 1. The normalized spacial score (nSPS) is 12.8. The van der Waals surface area contributed by atoms with Gasteiger partial charge in [0.2, 0.25) is 0 Å². The lowest BCUT2D eigenvalue weighted by atomic mass is 10.1. The van der Waals surface area contributed by atoms with Crippen LogP contribution in [-0.4, -0.2) is 41.6 Å². The van der Waals surface area contributed by atoms with E-state index < -0.39 is 5.97 Å². The molecule has 0 fully saturated rings. The van der Waals surface area contributed by atoms with Crippen molar-refractivity contribution in [3.05, 3.63) is 70.8 Å². The Hall–Kier alpha value is -3.28. The monoisotopic (exact) mass is 379 g/mol. The lowest BCUT2D eigenvalue weighted by Gasteiger charge is -2.13. The molecule has 2 amide bonds. The number of aryl methyl sites for hydroxylation is 1. The minimum Gasteiger partial charge on any atom is -0.466 e. The van der Waals surface area contributed by atoms with Gasteiger partial charge in [-0.15, -0.1) is 0 Å². The van der Waals surface area contributed by atoms with Gasteiger partial charge in [-0.1, -0.05) is 42.0 Å². The molecule has 0 N–H and O–H groups in total. The number of carbonyl (C=O) groups is 4. The van der Waals surface area contributed by atoms with Crippen LogP contribution >= 0.6 is 0 Å². The summed E-state index contributed by atoms with van der Waals surface area (Å²) in [7, 11) is 0. The Balaban J connectivity index is 1.38. The summed E-state index contributed by atoms with van der Waals surface area (Å²) in [5, 5.41) is 0. The van der Waals surface area contributed by atoms with E-state index in [1.165, 1.54) is 4.90 Å². The summed E-state index contributed by atoms with van der Waals surface area (Å²) in [6.45, 7) is 2.21. The van der Waals surface area contributed by atoms with Crippen molar-refractivity contribution < 1.29 is 23.9 Å². The topological polar surface area (TPSA) is 80.8 Å². The minimum absolute atomic E-state index is 0.000271. The van der Waals surface area contributed by atoms with E-state index in [0.29, 0.717) is 23.1 Å². The minimum atomic E-state index is -0.470. The van der Waals surface area contributed by atoms with Gasteiger partial charge in [0.1, 0.15) is 0 Å². The fourth-order valence-corrected chi connectivity index (χ4v) is 3.02. The number of hydrogen-bond donors (Lipinski definition) is 0. The maximum atomic E-state index is 12.2. The third-order valence-electron chi connectivity index (χ3n) is 4.60. The number of ketones is 1. The van der Waals surface area contributed by atoms with Crippen LogP contribution in [0.5, 0.6) is 0 Å². The van der Waals surface area contributed by atoms with Gasteiger partial charge < -0.3 is 4.74 Å². The Morgan fingerprint density at radius 1 is 0.893 bits per heavy atom. The van der Waals surface area contributed by atoms with Crippen molar-refractivity contribution in [2.45, 2.75) is 26.2 Å². The molecular weight excluding hydrogens is 358 g/mol. The number of hydrogen-bond acceptors (Lipinski definition) is 5. The molecule has 1 aliphatic rings. The van der Waals surface area contributed by atoms with E-state index in [2.05, 4.69) is 0 Å². The first kappa shape index (κ1) is 19.5. The number of fused-ring (bicyclic) bond motifs is 1. The van der Waals surface area contributed by atoms with Crippen molar-refractivity contribution in [1.29, 1.82) is 0 Å². The van der Waals surface area contributed by atoms with Crippen molar-refractivity contribution in [1.82, 2.24) is 4.90 Å².